The molecule has 0 saturated heterocycles. The first-order chi connectivity index (χ1) is 10.2. The van der Waals surface area contributed by atoms with E-state index in [-0.39, 0.29) is 6.04 Å². The standard InChI is InChI=1S/C15H17ClF2N2S/c1-21-12-4-2-3-11(12)20-13(7-8-16)19-10-6-5-9(17)14(18)15(10)20/h5-6,11-12H,2-4,7-8H2,1H3. The summed E-state index contributed by atoms with van der Waals surface area (Å²) in [5, 5.41) is 0.416. The average Bonchev–Trinajstić information content (AvgIpc) is 3.07. The summed E-state index contributed by atoms with van der Waals surface area (Å²) in [6.45, 7) is 0. The number of nitrogens with zero attached hydrogens (tertiary/aromatic N) is 2. The van der Waals surface area contributed by atoms with Crippen LogP contribution in [0.15, 0.2) is 12.1 Å². The number of aromatic nitrogens is 2. The molecule has 2 nitrogen and oxygen atoms in total. The second-order valence-electron chi connectivity index (χ2n) is 5.34. The van der Waals surface area contributed by atoms with E-state index in [0.29, 0.717) is 28.6 Å². The van der Waals surface area contributed by atoms with Gasteiger partial charge in [-0.05, 0) is 31.2 Å². The molecule has 2 unspecified atom stereocenters. The fourth-order valence-electron chi connectivity index (χ4n) is 3.27. The van der Waals surface area contributed by atoms with Crippen molar-refractivity contribution in [1.29, 1.82) is 0 Å². The third-order valence-corrected chi connectivity index (χ3v) is 5.53. The Hall–Kier alpha value is -0.810. The summed E-state index contributed by atoms with van der Waals surface area (Å²) in [7, 11) is 0. The van der Waals surface area contributed by atoms with Gasteiger partial charge in [0.25, 0.3) is 0 Å². The Morgan fingerprint density at radius 1 is 1.38 bits per heavy atom. The molecule has 1 fully saturated rings. The quantitative estimate of drug-likeness (QED) is 0.765. The van der Waals surface area contributed by atoms with E-state index in [1.54, 1.807) is 17.8 Å². The molecule has 1 heterocycles. The fourth-order valence-corrected chi connectivity index (χ4v) is 4.41. The first kappa shape index (κ1) is 15.1. The van der Waals surface area contributed by atoms with Gasteiger partial charge in [0.15, 0.2) is 11.6 Å². The smallest absolute Gasteiger partial charge is 0.184 e. The van der Waals surface area contributed by atoms with E-state index in [1.165, 1.54) is 0 Å². The zero-order chi connectivity index (χ0) is 15.0. The first-order valence-corrected chi connectivity index (χ1v) is 8.93. The minimum atomic E-state index is -0.820. The Balaban J connectivity index is 2.22. The minimum Gasteiger partial charge on any atom is -0.321 e. The van der Waals surface area contributed by atoms with E-state index >= 15 is 0 Å². The van der Waals surface area contributed by atoms with Crippen LogP contribution in [0.1, 0.15) is 31.1 Å². The summed E-state index contributed by atoms with van der Waals surface area (Å²) >= 11 is 7.64. The van der Waals surface area contributed by atoms with Crippen LogP contribution >= 0.6 is 23.4 Å². The molecule has 1 aromatic heterocycles. The predicted molar refractivity (Wildman–Crippen MR) is 84.3 cm³/mol. The molecule has 0 aliphatic heterocycles. The van der Waals surface area contributed by atoms with Gasteiger partial charge in [0.1, 0.15) is 11.3 Å². The van der Waals surface area contributed by atoms with E-state index in [1.807, 2.05) is 4.57 Å². The molecule has 2 atom stereocenters. The predicted octanol–water partition coefficient (Wildman–Crippen LogP) is 4.55. The zero-order valence-electron chi connectivity index (χ0n) is 11.8. The Labute approximate surface area is 131 Å². The largest absolute Gasteiger partial charge is 0.321 e. The molecule has 1 saturated carbocycles. The number of imidazole rings is 1. The van der Waals surface area contributed by atoms with Gasteiger partial charge >= 0.3 is 0 Å². The van der Waals surface area contributed by atoms with Crippen molar-refractivity contribution >= 4 is 34.4 Å². The van der Waals surface area contributed by atoms with Crippen molar-refractivity contribution in [2.75, 3.05) is 12.1 Å². The van der Waals surface area contributed by atoms with Crippen molar-refractivity contribution in [2.24, 2.45) is 0 Å². The van der Waals surface area contributed by atoms with Crippen LogP contribution in [0.4, 0.5) is 8.78 Å². The van der Waals surface area contributed by atoms with E-state index < -0.39 is 11.6 Å². The Morgan fingerprint density at radius 2 is 2.19 bits per heavy atom. The molecule has 1 aromatic carbocycles. The molecule has 0 radical (unpaired) electrons. The van der Waals surface area contributed by atoms with Crippen molar-refractivity contribution in [3.8, 4) is 0 Å². The van der Waals surface area contributed by atoms with Gasteiger partial charge in [-0.2, -0.15) is 11.8 Å². The Bertz CT molecular complexity index is 659. The van der Waals surface area contributed by atoms with Crippen LogP contribution in [0.25, 0.3) is 11.0 Å². The first-order valence-electron chi connectivity index (χ1n) is 7.11. The van der Waals surface area contributed by atoms with Crippen molar-refractivity contribution in [2.45, 2.75) is 37.0 Å². The third kappa shape index (κ3) is 2.55. The fraction of sp³-hybridized carbons (Fsp3) is 0.533. The highest BCUT2D eigenvalue weighted by molar-refractivity contribution is 7.99. The van der Waals surface area contributed by atoms with Crippen LogP contribution in [-0.2, 0) is 6.42 Å². The molecule has 114 valence electrons. The molecule has 21 heavy (non-hydrogen) atoms. The number of alkyl halides is 1. The monoisotopic (exact) mass is 330 g/mol. The van der Waals surface area contributed by atoms with Crippen molar-refractivity contribution in [3.05, 3.63) is 29.6 Å². The van der Waals surface area contributed by atoms with Crippen molar-refractivity contribution in [3.63, 3.8) is 0 Å². The average molecular weight is 331 g/mol. The van der Waals surface area contributed by atoms with Gasteiger partial charge in [-0.3, -0.25) is 0 Å². The van der Waals surface area contributed by atoms with E-state index in [2.05, 4.69) is 11.2 Å². The topological polar surface area (TPSA) is 17.8 Å². The number of thioether (sulfide) groups is 1. The summed E-state index contributed by atoms with van der Waals surface area (Å²) in [4.78, 5) is 4.48. The molecule has 0 bridgehead atoms. The van der Waals surface area contributed by atoms with Gasteiger partial charge in [-0.15, -0.1) is 11.6 Å². The normalized spacial score (nSPS) is 22.3. The van der Waals surface area contributed by atoms with Crippen LogP contribution in [0, 0.1) is 11.6 Å². The van der Waals surface area contributed by atoms with Gasteiger partial charge in [0, 0.05) is 23.6 Å². The third-order valence-electron chi connectivity index (χ3n) is 4.19. The maximum absolute atomic E-state index is 14.3. The van der Waals surface area contributed by atoms with Gasteiger partial charge < -0.3 is 4.57 Å². The van der Waals surface area contributed by atoms with Crippen LogP contribution in [0.5, 0.6) is 0 Å². The number of halogens is 3. The molecule has 0 spiro atoms. The van der Waals surface area contributed by atoms with Crippen molar-refractivity contribution in [1.82, 2.24) is 9.55 Å². The molecule has 0 N–H and O–H groups in total. The number of rotatable bonds is 4. The van der Waals surface area contributed by atoms with Gasteiger partial charge in [0.2, 0.25) is 0 Å². The molecular formula is C15H17ClF2N2S. The summed E-state index contributed by atoms with van der Waals surface area (Å²) in [5.41, 5.74) is 0.807. The summed E-state index contributed by atoms with van der Waals surface area (Å²) in [6, 6.07) is 2.85. The second-order valence-corrected chi connectivity index (χ2v) is 6.79. The highest BCUT2D eigenvalue weighted by Crippen LogP contribution is 2.40. The number of benzene rings is 1. The maximum Gasteiger partial charge on any atom is 0.184 e. The summed E-state index contributed by atoms with van der Waals surface area (Å²) in [5.74, 6) is -0.438. The van der Waals surface area contributed by atoms with Crippen LogP contribution in [0.2, 0.25) is 0 Å². The van der Waals surface area contributed by atoms with Gasteiger partial charge in [-0.1, -0.05) is 6.42 Å². The molecule has 0 amide bonds. The van der Waals surface area contributed by atoms with Crippen LogP contribution in [0.3, 0.4) is 0 Å². The van der Waals surface area contributed by atoms with Crippen LogP contribution in [-0.4, -0.2) is 26.9 Å². The van der Waals surface area contributed by atoms with Crippen molar-refractivity contribution < 1.29 is 8.78 Å². The SMILES string of the molecule is CSC1CCCC1n1c(CCCl)nc2ccc(F)c(F)c21. The molecule has 3 rings (SSSR count). The molecule has 1 aliphatic carbocycles. The van der Waals surface area contributed by atoms with E-state index in [4.69, 9.17) is 11.6 Å². The highest BCUT2D eigenvalue weighted by Gasteiger charge is 2.32. The van der Waals surface area contributed by atoms with E-state index in [0.717, 1.165) is 31.2 Å². The van der Waals surface area contributed by atoms with Gasteiger partial charge in [-0.25, -0.2) is 13.8 Å². The Kier molecular flexibility index (Phi) is 4.41. The Morgan fingerprint density at radius 3 is 2.90 bits per heavy atom. The zero-order valence-corrected chi connectivity index (χ0v) is 13.4. The lowest BCUT2D eigenvalue weighted by molar-refractivity contribution is 0.488. The second kappa shape index (κ2) is 6.13. The lowest BCUT2D eigenvalue weighted by Crippen LogP contribution is -2.19. The van der Waals surface area contributed by atoms with Crippen LogP contribution < -0.4 is 0 Å². The minimum absolute atomic E-state index is 0.166. The van der Waals surface area contributed by atoms with Gasteiger partial charge in [0.05, 0.1) is 5.52 Å². The number of hydrogen-bond acceptors (Lipinski definition) is 2. The molecule has 1 aliphatic rings. The lowest BCUT2D eigenvalue weighted by Gasteiger charge is -2.22. The molecule has 6 heteroatoms. The number of hydrogen-bond donors (Lipinski definition) is 0. The molecular weight excluding hydrogens is 314 g/mol. The lowest BCUT2D eigenvalue weighted by atomic mass is 10.2. The summed E-state index contributed by atoms with van der Waals surface area (Å²) in [6.07, 6.45) is 5.81. The summed E-state index contributed by atoms with van der Waals surface area (Å²) < 4.78 is 29.9. The number of fused-ring (bicyclic) bond motifs is 1. The number of aryl methyl sites for hydroxylation is 1. The van der Waals surface area contributed by atoms with E-state index in [9.17, 15) is 8.78 Å². The highest BCUT2D eigenvalue weighted by atomic mass is 35.5. The molecule has 2 aromatic rings. The maximum atomic E-state index is 14.3.